The second-order valence-corrected chi connectivity index (χ2v) is 11.3. The Hall–Kier alpha value is -4.39. The smallest absolute Gasteiger partial charge is 0.238 e. The van der Waals surface area contributed by atoms with Crippen molar-refractivity contribution in [3.8, 4) is 5.75 Å². The first-order valence-electron chi connectivity index (χ1n) is 13.5. The van der Waals surface area contributed by atoms with Gasteiger partial charge in [-0.15, -0.1) is 0 Å². The average Bonchev–Trinajstić information content (AvgIpc) is 3.18. The van der Waals surface area contributed by atoms with Gasteiger partial charge in [0.1, 0.15) is 5.75 Å². The van der Waals surface area contributed by atoms with E-state index in [-0.39, 0.29) is 41.3 Å². The molecule has 0 saturated carbocycles. The molecule has 4 atom stereocenters. The number of hydrogen-bond acceptors (Lipinski definition) is 6. The quantitative estimate of drug-likeness (QED) is 0.261. The lowest BCUT2D eigenvalue weighted by Crippen LogP contribution is -2.39. The van der Waals surface area contributed by atoms with Crippen molar-refractivity contribution in [3.05, 3.63) is 93.1 Å². The van der Waals surface area contributed by atoms with Crippen LogP contribution in [0.2, 0.25) is 0 Å². The normalized spacial score (nSPS) is 25.9. The van der Waals surface area contributed by atoms with Crippen LogP contribution >= 0.6 is 0 Å². The number of phenols is 1. The van der Waals surface area contributed by atoms with Crippen molar-refractivity contribution in [2.45, 2.75) is 46.5 Å². The van der Waals surface area contributed by atoms with Crippen LogP contribution in [-0.4, -0.2) is 34.3 Å². The first-order valence-corrected chi connectivity index (χ1v) is 13.5. The molecule has 0 unspecified atom stereocenters. The molecule has 202 valence electrons. The van der Waals surface area contributed by atoms with Gasteiger partial charge in [0.05, 0.1) is 17.5 Å². The third-order valence-electron chi connectivity index (χ3n) is 8.94. The van der Waals surface area contributed by atoms with Crippen LogP contribution in [0.5, 0.6) is 5.75 Å². The van der Waals surface area contributed by atoms with Crippen LogP contribution in [0.3, 0.4) is 0 Å². The predicted molar refractivity (Wildman–Crippen MR) is 148 cm³/mol. The zero-order valence-corrected chi connectivity index (χ0v) is 22.8. The van der Waals surface area contributed by atoms with Gasteiger partial charge in [-0.25, -0.2) is 0 Å². The Morgan fingerprint density at radius 2 is 1.57 bits per heavy atom. The summed E-state index contributed by atoms with van der Waals surface area (Å²) in [6.07, 6.45) is 3.92. The zero-order valence-electron chi connectivity index (χ0n) is 22.8. The number of imide groups is 1. The van der Waals surface area contributed by atoms with Gasteiger partial charge in [0.15, 0.2) is 17.3 Å². The van der Waals surface area contributed by atoms with Gasteiger partial charge in [-0.2, -0.15) is 0 Å². The molecule has 7 nitrogen and oxygen atoms in total. The number of aromatic hydroxyl groups is 1. The molecule has 2 aromatic carbocycles. The summed E-state index contributed by atoms with van der Waals surface area (Å²) in [6.45, 7) is 6.66. The fraction of sp³-hybridized carbons (Fsp3) is 0.303. The molecular weight excluding hydrogens is 506 g/mol. The van der Waals surface area contributed by atoms with Crippen molar-refractivity contribution in [2.75, 3.05) is 4.90 Å². The SMILES string of the molecule is CC(=O)c1ccc(N2C(=O)[C@H]3[C@H](CC=C4[C@H](c5cc(C)c(O)c(C)c5)C5=C(C[C@H]43)C(=O)C(C)=CC5=O)C2=O)cc1. The number of aryl methyl sites for hydroxylation is 2. The molecule has 1 N–H and O–H groups in total. The van der Waals surface area contributed by atoms with Gasteiger partial charge in [0.25, 0.3) is 0 Å². The molecule has 7 heteroatoms. The summed E-state index contributed by atoms with van der Waals surface area (Å²) in [7, 11) is 0. The highest BCUT2D eigenvalue weighted by molar-refractivity contribution is 6.25. The first kappa shape index (κ1) is 25.9. The van der Waals surface area contributed by atoms with Crippen LogP contribution < -0.4 is 4.90 Å². The number of anilines is 1. The van der Waals surface area contributed by atoms with Crippen molar-refractivity contribution >= 4 is 34.9 Å². The van der Waals surface area contributed by atoms with E-state index in [0.29, 0.717) is 45.5 Å². The maximum Gasteiger partial charge on any atom is 0.238 e. The number of ketones is 3. The van der Waals surface area contributed by atoms with E-state index in [9.17, 15) is 29.1 Å². The van der Waals surface area contributed by atoms with Crippen LogP contribution in [0.25, 0.3) is 0 Å². The Bertz CT molecular complexity index is 1630. The Balaban J connectivity index is 1.47. The number of Topliss-reactive ketones (excluding diaryl/α,β-unsaturated/α-hetero) is 2. The Kier molecular flexibility index (Phi) is 5.87. The number of phenolic OH excluding ortho intramolecular Hbond substituents is 1. The van der Waals surface area contributed by atoms with Gasteiger partial charge < -0.3 is 5.11 Å². The number of carbonyl (C=O) groups is 5. The van der Waals surface area contributed by atoms with Gasteiger partial charge in [0.2, 0.25) is 11.8 Å². The minimum atomic E-state index is -0.676. The fourth-order valence-electron chi connectivity index (χ4n) is 7.02. The highest BCUT2D eigenvalue weighted by Gasteiger charge is 2.56. The molecule has 4 aliphatic rings. The molecule has 0 bridgehead atoms. The highest BCUT2D eigenvalue weighted by atomic mass is 16.3. The maximum absolute atomic E-state index is 14.0. The summed E-state index contributed by atoms with van der Waals surface area (Å²) in [5, 5.41) is 10.4. The average molecular weight is 536 g/mol. The molecule has 2 amide bonds. The van der Waals surface area contributed by atoms with Crippen LogP contribution in [0.15, 0.2) is 70.8 Å². The number of hydrogen-bond donors (Lipinski definition) is 1. The molecular formula is C33H29NO6. The fourth-order valence-corrected chi connectivity index (χ4v) is 7.02. The van der Waals surface area contributed by atoms with Crippen molar-refractivity contribution in [1.82, 2.24) is 0 Å². The summed E-state index contributed by atoms with van der Waals surface area (Å²) in [4.78, 5) is 67.4. The first-order chi connectivity index (χ1) is 19.0. The molecule has 0 spiro atoms. The maximum atomic E-state index is 14.0. The van der Waals surface area contributed by atoms with E-state index < -0.39 is 23.7 Å². The van der Waals surface area contributed by atoms with Crippen molar-refractivity contribution < 1.29 is 29.1 Å². The number of carbonyl (C=O) groups excluding carboxylic acids is 5. The standard InChI is InChI=1S/C33H29NO6/c1-15-11-20(12-16(2)30(15)37)27-22-9-10-23-28(24(22)14-25-29(27)26(36)13-17(3)31(25)38)33(40)34(32(23)39)21-7-5-19(6-8-21)18(4)35/h5-9,11-13,23-24,27-28,37H,10,14H2,1-4H3/t23-,24+,27-,28-/m0/s1. The van der Waals surface area contributed by atoms with Gasteiger partial charge in [-0.05, 0) is 93.5 Å². The van der Waals surface area contributed by atoms with Gasteiger partial charge in [0, 0.05) is 28.2 Å². The summed E-state index contributed by atoms with van der Waals surface area (Å²) < 4.78 is 0. The molecule has 1 saturated heterocycles. The van der Waals surface area contributed by atoms with Gasteiger partial charge in [-0.3, -0.25) is 28.9 Å². The summed E-state index contributed by atoms with van der Waals surface area (Å²) in [5.41, 5.74) is 5.05. The third-order valence-corrected chi connectivity index (χ3v) is 8.94. The summed E-state index contributed by atoms with van der Waals surface area (Å²) in [5.74, 6) is -3.23. The number of nitrogens with zero attached hydrogens (tertiary/aromatic N) is 1. The van der Waals surface area contributed by atoms with Crippen molar-refractivity contribution in [3.63, 3.8) is 0 Å². The number of rotatable bonds is 3. The predicted octanol–water partition coefficient (Wildman–Crippen LogP) is 4.85. The van der Waals surface area contributed by atoms with Crippen molar-refractivity contribution in [1.29, 1.82) is 0 Å². The molecule has 0 aromatic heterocycles. The number of fused-ring (bicyclic) bond motifs is 3. The van der Waals surface area contributed by atoms with E-state index in [1.54, 1.807) is 45.0 Å². The minimum absolute atomic E-state index is 0.110. The lowest BCUT2D eigenvalue weighted by molar-refractivity contribution is -0.123. The van der Waals surface area contributed by atoms with Gasteiger partial charge in [-0.1, -0.05) is 23.8 Å². The highest BCUT2D eigenvalue weighted by Crippen LogP contribution is 2.55. The molecule has 6 rings (SSSR count). The van der Waals surface area contributed by atoms with Crippen LogP contribution in [0, 0.1) is 31.6 Å². The lowest BCUT2D eigenvalue weighted by atomic mass is 9.59. The molecule has 1 aliphatic heterocycles. The lowest BCUT2D eigenvalue weighted by Gasteiger charge is -2.42. The summed E-state index contributed by atoms with van der Waals surface area (Å²) >= 11 is 0. The zero-order chi connectivity index (χ0) is 28.6. The van der Waals surface area contributed by atoms with Gasteiger partial charge >= 0.3 is 0 Å². The number of allylic oxidation sites excluding steroid dienone is 6. The summed E-state index contributed by atoms with van der Waals surface area (Å²) in [6, 6.07) is 10.1. The minimum Gasteiger partial charge on any atom is -0.507 e. The molecule has 0 radical (unpaired) electrons. The Morgan fingerprint density at radius 3 is 2.20 bits per heavy atom. The van der Waals surface area contributed by atoms with E-state index in [4.69, 9.17) is 0 Å². The van der Waals surface area contributed by atoms with Crippen LogP contribution in [0.4, 0.5) is 5.69 Å². The third kappa shape index (κ3) is 3.68. The van der Waals surface area contributed by atoms with Crippen LogP contribution in [-0.2, 0) is 19.2 Å². The Morgan fingerprint density at radius 1 is 0.925 bits per heavy atom. The molecule has 3 aliphatic carbocycles. The van der Waals surface area contributed by atoms with E-state index >= 15 is 0 Å². The van der Waals surface area contributed by atoms with Crippen LogP contribution in [0.1, 0.15) is 59.7 Å². The molecule has 1 heterocycles. The number of benzene rings is 2. The largest absolute Gasteiger partial charge is 0.507 e. The van der Waals surface area contributed by atoms with E-state index in [0.717, 1.165) is 11.1 Å². The van der Waals surface area contributed by atoms with E-state index in [2.05, 4.69) is 0 Å². The monoisotopic (exact) mass is 535 g/mol. The number of amides is 2. The molecule has 40 heavy (non-hydrogen) atoms. The van der Waals surface area contributed by atoms with E-state index in [1.165, 1.54) is 17.9 Å². The topological polar surface area (TPSA) is 109 Å². The molecule has 1 fully saturated rings. The Labute approximate surface area is 231 Å². The second kappa shape index (κ2) is 9.08. The van der Waals surface area contributed by atoms with E-state index in [1.807, 2.05) is 18.2 Å². The second-order valence-electron chi connectivity index (χ2n) is 11.3. The van der Waals surface area contributed by atoms with Crippen molar-refractivity contribution in [2.24, 2.45) is 17.8 Å². The molecule has 2 aromatic rings.